The zero-order chi connectivity index (χ0) is 18.0. The number of aliphatic hydroxyl groups excluding tert-OH is 1. The molecule has 2 nitrogen and oxygen atoms in total. The molecule has 0 unspecified atom stereocenters. The van der Waals surface area contributed by atoms with Gasteiger partial charge in [-0.25, -0.2) is 4.39 Å². The summed E-state index contributed by atoms with van der Waals surface area (Å²) in [6, 6.07) is 0. The van der Waals surface area contributed by atoms with Crippen molar-refractivity contribution in [2.75, 3.05) is 5.75 Å². The molecule has 0 radical (unpaired) electrons. The van der Waals surface area contributed by atoms with Crippen molar-refractivity contribution < 1.29 is 14.3 Å². The number of allylic oxidation sites excluding steroid dienone is 6. The van der Waals surface area contributed by atoms with Crippen LogP contribution in [-0.2, 0) is 4.79 Å². The van der Waals surface area contributed by atoms with Crippen LogP contribution in [0.3, 0.4) is 0 Å². The fourth-order valence-electron chi connectivity index (χ4n) is 6.12. The Morgan fingerprint density at radius 2 is 2.12 bits per heavy atom. The highest BCUT2D eigenvalue weighted by atomic mass is 32.2. The van der Waals surface area contributed by atoms with Crippen molar-refractivity contribution in [3.8, 4) is 0 Å². The number of halogens is 1. The third-order valence-corrected chi connectivity index (χ3v) is 8.68. The van der Waals surface area contributed by atoms with Crippen molar-refractivity contribution in [1.82, 2.24) is 0 Å². The number of carbonyl (C=O) groups excluding carboxylic acids is 1. The molecule has 136 valence electrons. The Bertz CT molecular complexity index is 711. The van der Waals surface area contributed by atoms with Gasteiger partial charge in [0.2, 0.25) is 0 Å². The summed E-state index contributed by atoms with van der Waals surface area (Å²) in [5, 5.41) is 11.1. The molecule has 4 heteroatoms. The van der Waals surface area contributed by atoms with E-state index < -0.39 is 17.2 Å². The monoisotopic (exact) mass is 362 g/mol. The maximum atomic E-state index is 16.7. The van der Waals surface area contributed by atoms with Crippen LogP contribution in [0, 0.1) is 22.7 Å². The van der Waals surface area contributed by atoms with Gasteiger partial charge in [0.25, 0.3) is 0 Å². The van der Waals surface area contributed by atoms with Crippen LogP contribution in [0.2, 0.25) is 0 Å². The van der Waals surface area contributed by atoms with Crippen LogP contribution in [0.4, 0.5) is 4.39 Å². The minimum Gasteiger partial charge on any atom is -0.390 e. The number of thioether (sulfide) groups is 1. The number of hydrogen-bond acceptors (Lipinski definition) is 3. The molecule has 25 heavy (non-hydrogen) atoms. The first-order valence-electron chi connectivity index (χ1n) is 9.42. The highest BCUT2D eigenvalue weighted by molar-refractivity contribution is 8.03. The molecule has 2 fully saturated rings. The molecule has 0 spiro atoms. The largest absolute Gasteiger partial charge is 0.390 e. The lowest BCUT2D eigenvalue weighted by Gasteiger charge is -2.61. The molecule has 0 aliphatic heterocycles. The van der Waals surface area contributed by atoms with Crippen LogP contribution >= 0.6 is 11.8 Å². The van der Waals surface area contributed by atoms with Crippen molar-refractivity contribution in [2.24, 2.45) is 22.7 Å². The fourth-order valence-corrected chi connectivity index (χ4v) is 7.21. The summed E-state index contributed by atoms with van der Waals surface area (Å²) >= 11 is 1.84. The zero-order valence-electron chi connectivity index (χ0n) is 15.2. The smallest absolute Gasteiger partial charge is 0.178 e. The number of ketones is 1. The standard InChI is InChI=1S/C21H27FO2S/c1-4-25-18-8-7-15-16-6-5-13-11-14(23)9-10-20(13,3)21(16,22)17(24)12-19(15,18)2/h8-11,15-17,24H,4-7,12H2,1-3H3/t15-,16-,17-,19-,20-,21-/m0/s1. The van der Waals surface area contributed by atoms with Crippen LogP contribution in [-0.4, -0.2) is 28.4 Å². The molecular formula is C21H27FO2S. The zero-order valence-corrected chi connectivity index (χ0v) is 16.0. The lowest BCUT2D eigenvalue weighted by Crippen LogP contribution is -2.66. The molecule has 4 aliphatic carbocycles. The van der Waals surface area contributed by atoms with Crippen LogP contribution in [0.5, 0.6) is 0 Å². The molecule has 4 rings (SSSR count). The average molecular weight is 363 g/mol. The second kappa shape index (κ2) is 5.56. The number of carbonyl (C=O) groups is 1. The van der Waals surface area contributed by atoms with Crippen molar-refractivity contribution in [3.63, 3.8) is 0 Å². The van der Waals surface area contributed by atoms with Gasteiger partial charge in [-0.05, 0) is 61.3 Å². The second-order valence-electron chi connectivity index (χ2n) is 8.50. The molecule has 1 N–H and O–H groups in total. The third-order valence-electron chi connectivity index (χ3n) is 7.45. The van der Waals surface area contributed by atoms with E-state index in [0.717, 1.165) is 24.2 Å². The lowest BCUT2D eigenvalue weighted by molar-refractivity contribution is -0.184. The Balaban J connectivity index is 1.77. The normalized spacial score (nSPS) is 48.4. The molecule has 0 aromatic carbocycles. The van der Waals surface area contributed by atoms with Crippen LogP contribution in [0.1, 0.15) is 46.5 Å². The fraction of sp³-hybridized carbons (Fsp3) is 0.667. The molecule has 0 aromatic heterocycles. The maximum absolute atomic E-state index is 16.7. The van der Waals surface area contributed by atoms with Crippen LogP contribution in [0.15, 0.2) is 34.8 Å². The molecule has 0 aromatic rings. The molecular weight excluding hydrogens is 335 g/mol. The Labute approximate surface area is 153 Å². The highest BCUT2D eigenvalue weighted by Gasteiger charge is 2.69. The summed E-state index contributed by atoms with van der Waals surface area (Å²) in [6.07, 6.45) is 8.92. The van der Waals surface area contributed by atoms with E-state index in [1.807, 2.05) is 18.7 Å². The second-order valence-corrected chi connectivity index (χ2v) is 9.81. The quantitative estimate of drug-likeness (QED) is 0.780. The Kier molecular flexibility index (Phi) is 3.90. The molecule has 0 heterocycles. The molecule has 0 bridgehead atoms. The van der Waals surface area contributed by atoms with E-state index in [-0.39, 0.29) is 23.0 Å². The minimum absolute atomic E-state index is 0.0613. The number of hydrogen-bond donors (Lipinski definition) is 1. The average Bonchev–Trinajstić information content (AvgIpc) is 2.87. The van der Waals surface area contributed by atoms with Gasteiger partial charge < -0.3 is 5.11 Å². The maximum Gasteiger partial charge on any atom is 0.178 e. The summed E-state index contributed by atoms with van der Waals surface area (Å²) in [5.74, 6) is 1.01. The first-order valence-corrected chi connectivity index (χ1v) is 10.4. The third kappa shape index (κ3) is 2.10. The molecule has 0 saturated heterocycles. The molecule has 4 aliphatic rings. The summed E-state index contributed by atoms with van der Waals surface area (Å²) in [5.41, 5.74) is -1.83. The van der Waals surface area contributed by atoms with Crippen molar-refractivity contribution in [1.29, 1.82) is 0 Å². The van der Waals surface area contributed by atoms with Crippen molar-refractivity contribution in [3.05, 3.63) is 34.8 Å². The van der Waals surface area contributed by atoms with Gasteiger partial charge in [0.1, 0.15) is 0 Å². The summed E-state index contributed by atoms with van der Waals surface area (Å²) < 4.78 is 16.7. The first kappa shape index (κ1) is 17.5. The van der Waals surface area contributed by atoms with E-state index in [1.165, 1.54) is 11.0 Å². The molecule has 2 saturated carbocycles. The van der Waals surface area contributed by atoms with Crippen molar-refractivity contribution in [2.45, 2.75) is 58.2 Å². The molecule has 0 amide bonds. The summed E-state index contributed by atoms with van der Waals surface area (Å²) in [7, 11) is 0. The Morgan fingerprint density at radius 3 is 2.84 bits per heavy atom. The van der Waals surface area contributed by atoms with Crippen LogP contribution in [0.25, 0.3) is 0 Å². The van der Waals surface area contributed by atoms with Gasteiger partial charge in [-0.3, -0.25) is 4.79 Å². The predicted molar refractivity (Wildman–Crippen MR) is 100.0 cm³/mol. The van der Waals surface area contributed by atoms with Crippen LogP contribution < -0.4 is 0 Å². The van der Waals surface area contributed by atoms with E-state index in [2.05, 4.69) is 19.9 Å². The van der Waals surface area contributed by atoms with E-state index in [0.29, 0.717) is 12.8 Å². The number of fused-ring (bicyclic) bond motifs is 5. The van der Waals surface area contributed by atoms with Gasteiger partial charge in [-0.2, -0.15) is 0 Å². The topological polar surface area (TPSA) is 37.3 Å². The van der Waals surface area contributed by atoms with E-state index in [4.69, 9.17) is 0 Å². The molecule has 6 atom stereocenters. The van der Waals surface area contributed by atoms with Gasteiger partial charge in [0, 0.05) is 16.7 Å². The summed E-state index contributed by atoms with van der Waals surface area (Å²) in [4.78, 5) is 13.1. The van der Waals surface area contributed by atoms with E-state index >= 15 is 4.39 Å². The van der Waals surface area contributed by atoms with Gasteiger partial charge >= 0.3 is 0 Å². The van der Waals surface area contributed by atoms with E-state index in [1.54, 1.807) is 12.2 Å². The summed E-state index contributed by atoms with van der Waals surface area (Å²) in [6.45, 7) is 6.24. The number of aliphatic hydroxyl groups is 1. The Morgan fingerprint density at radius 1 is 1.36 bits per heavy atom. The van der Waals surface area contributed by atoms with Crippen molar-refractivity contribution >= 4 is 17.5 Å². The van der Waals surface area contributed by atoms with E-state index in [9.17, 15) is 9.90 Å². The van der Waals surface area contributed by atoms with Gasteiger partial charge in [0.05, 0.1) is 6.10 Å². The SMILES string of the molecule is CCSC1=CC[C@H]2[C@@H]3CCC4=CC(=O)C=C[C@]4(C)[C@@]3(F)[C@@H](O)C[C@]12C. The van der Waals surface area contributed by atoms with Gasteiger partial charge in [0.15, 0.2) is 11.5 Å². The van der Waals surface area contributed by atoms with Gasteiger partial charge in [-0.1, -0.05) is 31.6 Å². The van der Waals surface area contributed by atoms with Gasteiger partial charge in [-0.15, -0.1) is 11.8 Å². The first-order chi connectivity index (χ1) is 11.8. The number of rotatable bonds is 2. The minimum atomic E-state index is -1.70. The lowest BCUT2D eigenvalue weighted by atomic mass is 9.46. The Hall–Kier alpha value is -0.870. The highest BCUT2D eigenvalue weighted by Crippen LogP contribution is 2.68. The number of alkyl halides is 1. The predicted octanol–water partition coefficient (Wildman–Crippen LogP) is 4.60.